The summed E-state index contributed by atoms with van der Waals surface area (Å²) in [4.78, 5) is 15.7. The van der Waals surface area contributed by atoms with Gasteiger partial charge in [-0.3, -0.25) is 4.79 Å². The van der Waals surface area contributed by atoms with E-state index in [2.05, 4.69) is 4.98 Å². The summed E-state index contributed by atoms with van der Waals surface area (Å²) in [5.74, 6) is 0.0813. The number of carbonyl (C=O) groups is 1. The predicted octanol–water partition coefficient (Wildman–Crippen LogP) is 2.64. The minimum Gasteiger partial charge on any atom is -0.358 e. The zero-order chi connectivity index (χ0) is 12.4. The van der Waals surface area contributed by atoms with Crippen LogP contribution in [0.1, 0.15) is 29.4 Å². The van der Waals surface area contributed by atoms with E-state index in [0.29, 0.717) is 6.54 Å². The Bertz CT molecular complexity index is 538. The van der Waals surface area contributed by atoms with Gasteiger partial charge >= 0.3 is 0 Å². The van der Waals surface area contributed by atoms with Gasteiger partial charge in [0.05, 0.1) is 0 Å². The van der Waals surface area contributed by atoms with E-state index in [1.807, 2.05) is 38.1 Å². The quantitative estimate of drug-likeness (QED) is 0.793. The molecule has 3 nitrogen and oxygen atoms in total. The molecule has 3 heteroatoms. The number of rotatable bonds is 4. The molecule has 2 rings (SSSR count). The van der Waals surface area contributed by atoms with Crippen molar-refractivity contribution in [1.82, 2.24) is 4.98 Å². The molecule has 0 amide bonds. The second-order valence-corrected chi connectivity index (χ2v) is 4.38. The number of para-hydroxylation sites is 1. The average molecular weight is 230 g/mol. The van der Waals surface area contributed by atoms with Gasteiger partial charge in [-0.2, -0.15) is 0 Å². The molecule has 1 heterocycles. The van der Waals surface area contributed by atoms with Gasteiger partial charge in [-0.05, 0) is 19.4 Å². The van der Waals surface area contributed by atoms with Gasteiger partial charge in [0.25, 0.3) is 0 Å². The Morgan fingerprint density at radius 3 is 2.76 bits per heavy atom. The van der Waals surface area contributed by atoms with E-state index in [-0.39, 0.29) is 11.7 Å². The number of benzene rings is 1. The molecule has 1 aromatic carbocycles. The van der Waals surface area contributed by atoms with E-state index >= 15 is 0 Å². The lowest BCUT2D eigenvalue weighted by atomic mass is 9.93. The molecule has 1 aromatic heterocycles. The van der Waals surface area contributed by atoms with Gasteiger partial charge in [0.15, 0.2) is 5.78 Å². The number of aromatic amines is 1. The van der Waals surface area contributed by atoms with Crippen molar-refractivity contribution < 1.29 is 4.79 Å². The highest BCUT2D eigenvalue weighted by Crippen LogP contribution is 2.25. The lowest BCUT2D eigenvalue weighted by Gasteiger charge is -2.10. The molecular weight excluding hydrogens is 212 g/mol. The Balaban J connectivity index is 2.54. The van der Waals surface area contributed by atoms with Gasteiger partial charge in [0.1, 0.15) is 0 Å². The van der Waals surface area contributed by atoms with E-state index in [1.165, 1.54) is 0 Å². The Morgan fingerprint density at radius 2 is 2.12 bits per heavy atom. The molecule has 17 heavy (non-hydrogen) atoms. The maximum absolute atomic E-state index is 12.4. The first kappa shape index (κ1) is 11.9. The third-order valence-electron chi connectivity index (χ3n) is 3.29. The van der Waals surface area contributed by atoms with Gasteiger partial charge in [-0.1, -0.05) is 25.1 Å². The molecular formula is C14H18N2O. The van der Waals surface area contributed by atoms with Gasteiger partial charge < -0.3 is 10.7 Å². The maximum atomic E-state index is 12.4. The van der Waals surface area contributed by atoms with Crippen molar-refractivity contribution in [2.75, 3.05) is 6.54 Å². The summed E-state index contributed by atoms with van der Waals surface area (Å²) < 4.78 is 0. The van der Waals surface area contributed by atoms with Crippen molar-refractivity contribution in [2.45, 2.75) is 20.3 Å². The monoisotopic (exact) mass is 230 g/mol. The van der Waals surface area contributed by atoms with Gasteiger partial charge in [-0.15, -0.1) is 0 Å². The van der Waals surface area contributed by atoms with E-state index in [9.17, 15) is 4.79 Å². The summed E-state index contributed by atoms with van der Waals surface area (Å²) in [5, 5.41) is 1.00. The average Bonchev–Trinajstić information content (AvgIpc) is 2.66. The van der Waals surface area contributed by atoms with E-state index in [0.717, 1.165) is 28.6 Å². The lowest BCUT2D eigenvalue weighted by Crippen LogP contribution is -2.23. The highest BCUT2D eigenvalue weighted by Gasteiger charge is 2.22. The summed E-state index contributed by atoms with van der Waals surface area (Å²) in [6, 6.07) is 7.89. The normalized spacial score (nSPS) is 12.9. The number of ketones is 1. The first-order chi connectivity index (χ1) is 8.19. The fourth-order valence-electron chi connectivity index (χ4n) is 2.26. The number of Topliss-reactive ketones (excluding diaryl/α,β-unsaturated/α-hetero) is 1. The zero-order valence-electron chi connectivity index (χ0n) is 10.3. The van der Waals surface area contributed by atoms with Crippen molar-refractivity contribution in [3.05, 3.63) is 35.5 Å². The zero-order valence-corrected chi connectivity index (χ0v) is 10.3. The van der Waals surface area contributed by atoms with Crippen molar-refractivity contribution in [3.63, 3.8) is 0 Å². The Kier molecular flexibility index (Phi) is 3.29. The molecule has 0 saturated carbocycles. The number of nitrogens with one attached hydrogen (secondary N) is 1. The van der Waals surface area contributed by atoms with Gasteiger partial charge in [-0.25, -0.2) is 0 Å². The van der Waals surface area contributed by atoms with Crippen LogP contribution in [-0.2, 0) is 0 Å². The van der Waals surface area contributed by atoms with Crippen LogP contribution in [-0.4, -0.2) is 17.3 Å². The van der Waals surface area contributed by atoms with Gasteiger partial charge in [0.2, 0.25) is 0 Å². The van der Waals surface area contributed by atoms with Crippen LogP contribution in [0.4, 0.5) is 0 Å². The van der Waals surface area contributed by atoms with E-state index in [4.69, 9.17) is 5.73 Å². The number of carbonyl (C=O) groups excluding carboxylic acids is 1. The Morgan fingerprint density at radius 1 is 1.41 bits per heavy atom. The van der Waals surface area contributed by atoms with Crippen molar-refractivity contribution in [1.29, 1.82) is 0 Å². The summed E-state index contributed by atoms with van der Waals surface area (Å²) in [6.45, 7) is 4.35. The molecule has 0 aliphatic rings. The molecule has 0 bridgehead atoms. The standard InChI is InChI=1S/C14H18N2O/c1-3-10(8-15)14(17)13-9(2)16-12-7-5-4-6-11(12)13/h4-7,10,16H,3,8,15H2,1-2H3. The summed E-state index contributed by atoms with van der Waals surface area (Å²) in [5.41, 5.74) is 8.40. The minimum absolute atomic E-state index is 0.0760. The first-order valence-electron chi connectivity index (χ1n) is 6.00. The first-order valence-corrected chi connectivity index (χ1v) is 6.00. The van der Waals surface area contributed by atoms with Crippen LogP contribution < -0.4 is 5.73 Å². The second-order valence-electron chi connectivity index (χ2n) is 4.38. The summed E-state index contributed by atoms with van der Waals surface area (Å²) in [7, 11) is 0. The molecule has 0 radical (unpaired) electrons. The number of hydrogen-bond donors (Lipinski definition) is 2. The Labute approximate surface area is 101 Å². The number of hydrogen-bond acceptors (Lipinski definition) is 2. The van der Waals surface area contributed by atoms with E-state index in [1.54, 1.807) is 0 Å². The van der Waals surface area contributed by atoms with Gasteiger partial charge in [0, 0.05) is 34.6 Å². The van der Waals surface area contributed by atoms with Crippen LogP contribution in [0.15, 0.2) is 24.3 Å². The van der Waals surface area contributed by atoms with Crippen LogP contribution in [0.3, 0.4) is 0 Å². The number of fused-ring (bicyclic) bond motifs is 1. The van der Waals surface area contributed by atoms with Crippen LogP contribution in [0.5, 0.6) is 0 Å². The molecule has 0 aliphatic heterocycles. The largest absolute Gasteiger partial charge is 0.358 e. The fraction of sp³-hybridized carbons (Fsp3) is 0.357. The SMILES string of the molecule is CCC(CN)C(=O)c1c(C)[nH]c2ccccc12. The molecule has 0 aliphatic carbocycles. The van der Waals surface area contributed by atoms with Crippen molar-refractivity contribution in [2.24, 2.45) is 11.7 Å². The van der Waals surface area contributed by atoms with E-state index < -0.39 is 0 Å². The molecule has 2 aromatic rings. The lowest BCUT2D eigenvalue weighted by molar-refractivity contribution is 0.0922. The van der Waals surface area contributed by atoms with Crippen LogP contribution in [0.2, 0.25) is 0 Å². The van der Waals surface area contributed by atoms with Crippen molar-refractivity contribution >= 4 is 16.7 Å². The van der Waals surface area contributed by atoms with Crippen molar-refractivity contribution in [3.8, 4) is 0 Å². The molecule has 0 spiro atoms. The molecule has 90 valence electrons. The smallest absolute Gasteiger partial charge is 0.169 e. The Hall–Kier alpha value is -1.61. The second kappa shape index (κ2) is 4.72. The fourth-order valence-corrected chi connectivity index (χ4v) is 2.26. The highest BCUT2D eigenvalue weighted by molar-refractivity contribution is 6.10. The molecule has 0 fully saturated rings. The maximum Gasteiger partial charge on any atom is 0.169 e. The molecule has 0 saturated heterocycles. The molecule has 1 atom stereocenters. The topological polar surface area (TPSA) is 58.9 Å². The number of aromatic nitrogens is 1. The highest BCUT2D eigenvalue weighted by atomic mass is 16.1. The summed E-state index contributed by atoms with van der Waals surface area (Å²) >= 11 is 0. The van der Waals surface area contributed by atoms with Crippen LogP contribution >= 0.6 is 0 Å². The third-order valence-corrected chi connectivity index (χ3v) is 3.29. The number of H-pyrrole nitrogens is 1. The minimum atomic E-state index is -0.0760. The third kappa shape index (κ3) is 1.98. The van der Waals surface area contributed by atoms with Crippen LogP contribution in [0, 0.1) is 12.8 Å². The summed E-state index contributed by atoms with van der Waals surface area (Å²) in [6.07, 6.45) is 0.786. The predicted molar refractivity (Wildman–Crippen MR) is 70.2 cm³/mol. The van der Waals surface area contributed by atoms with Crippen LogP contribution in [0.25, 0.3) is 10.9 Å². The molecule has 3 N–H and O–H groups in total. The molecule has 1 unspecified atom stereocenters. The number of aryl methyl sites for hydroxylation is 1. The number of nitrogens with two attached hydrogens (primary N) is 1.